The zero-order chi connectivity index (χ0) is 15.5. The zero-order valence-electron chi connectivity index (χ0n) is 14.8. The van der Waals surface area contributed by atoms with Crippen LogP contribution in [-0.2, 0) is 4.74 Å². The minimum absolute atomic E-state index is 0.00426. The molecule has 0 bridgehead atoms. The number of nitrogens with one attached hydrogen (secondary N) is 1. The van der Waals surface area contributed by atoms with Gasteiger partial charge in [0.2, 0.25) is 0 Å². The summed E-state index contributed by atoms with van der Waals surface area (Å²) >= 11 is 0. The predicted molar refractivity (Wildman–Crippen MR) is 89.7 cm³/mol. The van der Waals surface area contributed by atoms with Gasteiger partial charge in [-0.2, -0.15) is 0 Å². The standard InChI is InChI=1S/C18H36N2O/c1-6-9-19-17-8-7-14(2)10-16(17)12-20-11-15(3)21-18(4,5)13-20/h14-17,19H,6-13H2,1-5H3. The summed E-state index contributed by atoms with van der Waals surface area (Å²) in [6.45, 7) is 15.9. The summed E-state index contributed by atoms with van der Waals surface area (Å²) in [4.78, 5) is 2.65. The van der Waals surface area contributed by atoms with Crippen molar-refractivity contribution in [1.82, 2.24) is 10.2 Å². The maximum atomic E-state index is 6.05. The maximum Gasteiger partial charge on any atom is 0.0757 e. The normalized spacial score (nSPS) is 37.6. The Morgan fingerprint density at radius 2 is 2.00 bits per heavy atom. The summed E-state index contributed by atoms with van der Waals surface area (Å²) in [7, 11) is 0. The van der Waals surface area contributed by atoms with Crippen molar-refractivity contribution < 1.29 is 4.74 Å². The SMILES string of the molecule is CCCNC1CCC(C)CC1CN1CC(C)OC(C)(C)C1. The van der Waals surface area contributed by atoms with Crippen molar-refractivity contribution in [3.05, 3.63) is 0 Å². The summed E-state index contributed by atoms with van der Waals surface area (Å²) in [5.41, 5.74) is 0.00426. The van der Waals surface area contributed by atoms with Crippen LogP contribution in [0.2, 0.25) is 0 Å². The molecule has 0 spiro atoms. The Hall–Kier alpha value is -0.120. The van der Waals surface area contributed by atoms with Crippen molar-refractivity contribution in [2.75, 3.05) is 26.2 Å². The molecule has 1 aliphatic heterocycles. The number of morpholine rings is 1. The van der Waals surface area contributed by atoms with E-state index in [4.69, 9.17) is 4.74 Å². The molecule has 0 radical (unpaired) electrons. The summed E-state index contributed by atoms with van der Waals surface area (Å²) < 4.78 is 6.05. The second-order valence-corrected chi connectivity index (χ2v) is 8.12. The molecular weight excluding hydrogens is 260 g/mol. The van der Waals surface area contributed by atoms with E-state index in [2.05, 4.69) is 44.8 Å². The highest BCUT2D eigenvalue weighted by atomic mass is 16.5. The number of nitrogens with zero attached hydrogens (tertiary/aromatic N) is 1. The first-order chi connectivity index (χ1) is 9.89. The highest BCUT2D eigenvalue weighted by Gasteiger charge is 2.35. The van der Waals surface area contributed by atoms with Gasteiger partial charge < -0.3 is 10.1 Å². The monoisotopic (exact) mass is 296 g/mol. The van der Waals surface area contributed by atoms with Gasteiger partial charge in [0.25, 0.3) is 0 Å². The van der Waals surface area contributed by atoms with Gasteiger partial charge in [0.05, 0.1) is 11.7 Å². The fourth-order valence-electron chi connectivity index (χ4n) is 4.36. The second-order valence-electron chi connectivity index (χ2n) is 8.12. The highest BCUT2D eigenvalue weighted by molar-refractivity contribution is 4.89. The quantitative estimate of drug-likeness (QED) is 0.842. The molecule has 0 aromatic heterocycles. The van der Waals surface area contributed by atoms with E-state index in [0.29, 0.717) is 6.10 Å². The Kier molecular flexibility index (Phi) is 6.10. The van der Waals surface area contributed by atoms with Crippen LogP contribution in [0.1, 0.15) is 60.3 Å². The Balaban J connectivity index is 1.93. The lowest BCUT2D eigenvalue weighted by Gasteiger charge is -2.45. The van der Waals surface area contributed by atoms with Crippen LogP contribution in [0.4, 0.5) is 0 Å². The van der Waals surface area contributed by atoms with Crippen molar-refractivity contribution in [1.29, 1.82) is 0 Å². The van der Waals surface area contributed by atoms with Crippen molar-refractivity contribution in [2.24, 2.45) is 11.8 Å². The molecule has 21 heavy (non-hydrogen) atoms. The molecule has 0 amide bonds. The lowest BCUT2D eigenvalue weighted by atomic mass is 9.78. The van der Waals surface area contributed by atoms with E-state index < -0.39 is 0 Å². The molecule has 124 valence electrons. The largest absolute Gasteiger partial charge is 0.370 e. The molecule has 2 fully saturated rings. The molecule has 1 heterocycles. The molecule has 0 aromatic carbocycles. The van der Waals surface area contributed by atoms with Crippen LogP contribution in [0.15, 0.2) is 0 Å². The first-order valence-corrected chi connectivity index (χ1v) is 9.03. The van der Waals surface area contributed by atoms with Crippen LogP contribution in [0.5, 0.6) is 0 Å². The average molecular weight is 296 g/mol. The fourth-order valence-corrected chi connectivity index (χ4v) is 4.36. The maximum absolute atomic E-state index is 6.05. The van der Waals surface area contributed by atoms with Gasteiger partial charge in [0, 0.05) is 25.7 Å². The third kappa shape index (κ3) is 5.22. The fraction of sp³-hybridized carbons (Fsp3) is 1.00. The molecule has 4 unspecified atom stereocenters. The van der Waals surface area contributed by atoms with Crippen LogP contribution in [0, 0.1) is 11.8 Å². The number of rotatable bonds is 5. The van der Waals surface area contributed by atoms with E-state index in [9.17, 15) is 0 Å². The molecule has 4 atom stereocenters. The van der Waals surface area contributed by atoms with E-state index >= 15 is 0 Å². The molecule has 1 saturated heterocycles. The lowest BCUT2D eigenvalue weighted by Crippen LogP contribution is -2.55. The minimum Gasteiger partial charge on any atom is -0.370 e. The van der Waals surface area contributed by atoms with Crippen LogP contribution >= 0.6 is 0 Å². The number of hydrogen-bond acceptors (Lipinski definition) is 3. The average Bonchev–Trinajstić information content (AvgIpc) is 2.35. The lowest BCUT2D eigenvalue weighted by molar-refractivity contribution is -0.132. The summed E-state index contributed by atoms with van der Waals surface area (Å²) in [6, 6.07) is 0.724. The number of ether oxygens (including phenoxy) is 1. The molecule has 3 nitrogen and oxygen atoms in total. The second kappa shape index (κ2) is 7.43. The summed E-state index contributed by atoms with van der Waals surface area (Å²) in [5, 5.41) is 3.81. The zero-order valence-corrected chi connectivity index (χ0v) is 14.8. The molecule has 3 heteroatoms. The van der Waals surface area contributed by atoms with Gasteiger partial charge in [-0.15, -0.1) is 0 Å². The highest BCUT2D eigenvalue weighted by Crippen LogP contribution is 2.31. The molecule has 1 saturated carbocycles. The molecule has 1 N–H and O–H groups in total. The molecule has 2 aliphatic rings. The molecule has 2 rings (SSSR count). The van der Waals surface area contributed by atoms with E-state index in [0.717, 1.165) is 31.0 Å². The van der Waals surface area contributed by atoms with E-state index in [1.807, 2.05) is 0 Å². The Morgan fingerprint density at radius 1 is 1.24 bits per heavy atom. The van der Waals surface area contributed by atoms with Crippen LogP contribution in [0.3, 0.4) is 0 Å². The first-order valence-electron chi connectivity index (χ1n) is 9.03. The molecule has 1 aliphatic carbocycles. The summed E-state index contributed by atoms with van der Waals surface area (Å²) in [6.07, 6.45) is 5.73. The Labute approximate surface area is 131 Å². The van der Waals surface area contributed by atoms with Crippen molar-refractivity contribution >= 4 is 0 Å². The van der Waals surface area contributed by atoms with Crippen LogP contribution in [0.25, 0.3) is 0 Å². The summed E-state index contributed by atoms with van der Waals surface area (Å²) in [5.74, 6) is 1.70. The Morgan fingerprint density at radius 3 is 2.67 bits per heavy atom. The van der Waals surface area contributed by atoms with Gasteiger partial charge >= 0.3 is 0 Å². The van der Waals surface area contributed by atoms with E-state index in [1.165, 1.54) is 38.8 Å². The van der Waals surface area contributed by atoms with Crippen LogP contribution < -0.4 is 5.32 Å². The molecular formula is C18H36N2O. The third-order valence-corrected chi connectivity index (χ3v) is 5.03. The van der Waals surface area contributed by atoms with E-state index in [1.54, 1.807) is 0 Å². The molecule has 0 aromatic rings. The van der Waals surface area contributed by atoms with Crippen molar-refractivity contribution in [2.45, 2.75) is 78.0 Å². The third-order valence-electron chi connectivity index (χ3n) is 5.03. The van der Waals surface area contributed by atoms with Gasteiger partial charge in [-0.3, -0.25) is 4.90 Å². The van der Waals surface area contributed by atoms with E-state index in [-0.39, 0.29) is 5.60 Å². The predicted octanol–water partition coefficient (Wildman–Crippen LogP) is 3.29. The minimum atomic E-state index is 0.00426. The topological polar surface area (TPSA) is 24.5 Å². The Bertz CT molecular complexity index is 316. The van der Waals surface area contributed by atoms with Crippen molar-refractivity contribution in [3.63, 3.8) is 0 Å². The van der Waals surface area contributed by atoms with Crippen molar-refractivity contribution in [3.8, 4) is 0 Å². The first kappa shape index (κ1) is 17.2. The van der Waals surface area contributed by atoms with Gasteiger partial charge in [-0.25, -0.2) is 0 Å². The van der Waals surface area contributed by atoms with Gasteiger partial charge in [-0.1, -0.05) is 13.8 Å². The van der Waals surface area contributed by atoms with Gasteiger partial charge in [0.15, 0.2) is 0 Å². The van der Waals surface area contributed by atoms with Crippen LogP contribution in [-0.4, -0.2) is 48.8 Å². The number of hydrogen-bond donors (Lipinski definition) is 1. The van der Waals surface area contributed by atoms with Gasteiger partial charge in [-0.05, 0) is 64.8 Å². The van der Waals surface area contributed by atoms with Gasteiger partial charge in [0.1, 0.15) is 0 Å². The smallest absolute Gasteiger partial charge is 0.0757 e.